The van der Waals surface area contributed by atoms with Crippen LogP contribution in [0.4, 0.5) is 5.69 Å². The lowest BCUT2D eigenvalue weighted by molar-refractivity contribution is -0.117. The maximum Gasteiger partial charge on any atom is 0.258 e. The van der Waals surface area contributed by atoms with E-state index < -0.39 is 16.6 Å². The van der Waals surface area contributed by atoms with Crippen LogP contribution >= 0.6 is 23.2 Å². The molecule has 0 aliphatic carbocycles. The van der Waals surface area contributed by atoms with Crippen molar-refractivity contribution < 1.29 is 9.59 Å². The summed E-state index contributed by atoms with van der Waals surface area (Å²) in [7, 11) is 0. The van der Waals surface area contributed by atoms with Gasteiger partial charge in [-0.1, -0.05) is 53.5 Å². The molecule has 1 aliphatic rings. The van der Waals surface area contributed by atoms with Crippen molar-refractivity contribution in [3.8, 4) is 0 Å². The summed E-state index contributed by atoms with van der Waals surface area (Å²) in [6, 6.07) is 13.3. The molecule has 0 aromatic heterocycles. The van der Waals surface area contributed by atoms with Crippen molar-refractivity contribution in [2.24, 2.45) is 0 Å². The molecule has 1 unspecified atom stereocenters. The lowest BCUT2D eigenvalue weighted by Gasteiger charge is -2.30. The third-order valence-corrected chi connectivity index (χ3v) is 4.07. The summed E-state index contributed by atoms with van der Waals surface area (Å²) in [5.41, 5.74) is 1.19. The molecule has 0 saturated carbocycles. The normalized spacial score (nSPS) is 21.3. The second-order valence-electron chi connectivity index (χ2n) is 4.50. The van der Waals surface area contributed by atoms with Crippen LogP contribution in [-0.2, 0) is 9.67 Å². The minimum Gasteiger partial charge on any atom is -0.323 e. The standard InChI is InChI=1S/C15H9Cl2NO2/c16-10-6-7-11-12(8-10)18-14(20)15(17,13(11)19)9-4-2-1-3-5-9/h1-8H,(H,18,20). The second kappa shape index (κ2) is 4.62. The van der Waals surface area contributed by atoms with Crippen LogP contribution < -0.4 is 5.32 Å². The van der Waals surface area contributed by atoms with Crippen LogP contribution in [0.5, 0.6) is 0 Å². The Hall–Kier alpha value is -1.84. The minimum absolute atomic E-state index is 0.354. The van der Waals surface area contributed by atoms with E-state index in [1.54, 1.807) is 42.5 Å². The molecule has 100 valence electrons. The zero-order valence-corrected chi connectivity index (χ0v) is 11.7. The molecular formula is C15H9Cl2NO2. The highest BCUT2D eigenvalue weighted by atomic mass is 35.5. The third-order valence-electron chi connectivity index (χ3n) is 3.27. The van der Waals surface area contributed by atoms with Crippen LogP contribution in [-0.4, -0.2) is 11.7 Å². The van der Waals surface area contributed by atoms with Crippen LogP contribution in [0, 0.1) is 0 Å². The molecule has 0 radical (unpaired) electrons. The molecule has 3 nitrogen and oxygen atoms in total. The van der Waals surface area contributed by atoms with Crippen molar-refractivity contribution in [2.75, 3.05) is 5.32 Å². The summed E-state index contributed by atoms with van der Waals surface area (Å²) in [6.45, 7) is 0. The van der Waals surface area contributed by atoms with Crippen LogP contribution in [0.25, 0.3) is 0 Å². The number of anilines is 1. The van der Waals surface area contributed by atoms with Crippen molar-refractivity contribution in [3.05, 3.63) is 64.7 Å². The van der Waals surface area contributed by atoms with Gasteiger partial charge in [0.15, 0.2) is 5.78 Å². The molecule has 0 spiro atoms. The summed E-state index contributed by atoms with van der Waals surface area (Å²) in [5, 5.41) is 3.09. The molecule has 20 heavy (non-hydrogen) atoms. The molecule has 0 saturated heterocycles. The van der Waals surface area contributed by atoms with E-state index in [1.807, 2.05) is 0 Å². The van der Waals surface area contributed by atoms with E-state index in [-0.39, 0.29) is 0 Å². The predicted octanol–water partition coefficient (Wildman–Crippen LogP) is 3.61. The van der Waals surface area contributed by atoms with E-state index in [1.165, 1.54) is 6.07 Å². The van der Waals surface area contributed by atoms with Gasteiger partial charge in [0.05, 0.1) is 5.69 Å². The van der Waals surface area contributed by atoms with Gasteiger partial charge in [0.25, 0.3) is 5.91 Å². The van der Waals surface area contributed by atoms with Gasteiger partial charge in [-0.2, -0.15) is 0 Å². The van der Waals surface area contributed by atoms with E-state index >= 15 is 0 Å². The Labute approximate surface area is 125 Å². The number of fused-ring (bicyclic) bond motifs is 1. The van der Waals surface area contributed by atoms with Gasteiger partial charge >= 0.3 is 0 Å². The Morgan fingerprint density at radius 3 is 2.40 bits per heavy atom. The summed E-state index contributed by atoms with van der Waals surface area (Å²) < 4.78 is 0. The van der Waals surface area contributed by atoms with Crippen LogP contribution in [0.1, 0.15) is 15.9 Å². The highest BCUT2D eigenvalue weighted by molar-refractivity contribution is 6.51. The van der Waals surface area contributed by atoms with E-state index in [2.05, 4.69) is 5.32 Å². The quantitative estimate of drug-likeness (QED) is 0.646. The Balaban J connectivity index is 2.18. The zero-order chi connectivity index (χ0) is 14.3. The van der Waals surface area contributed by atoms with Gasteiger partial charge in [-0.15, -0.1) is 0 Å². The maximum atomic E-state index is 12.6. The average molecular weight is 306 g/mol. The number of halogens is 2. The minimum atomic E-state index is -1.73. The first-order chi connectivity index (χ1) is 9.53. The van der Waals surface area contributed by atoms with Gasteiger partial charge < -0.3 is 5.32 Å². The number of carbonyl (C=O) groups excluding carboxylic acids is 2. The number of rotatable bonds is 1. The van der Waals surface area contributed by atoms with Crippen LogP contribution in [0.3, 0.4) is 0 Å². The SMILES string of the molecule is O=C1Nc2cc(Cl)ccc2C(=O)C1(Cl)c1ccccc1. The van der Waals surface area contributed by atoms with Crippen molar-refractivity contribution in [1.29, 1.82) is 0 Å². The summed E-state index contributed by atoms with van der Waals surface area (Å²) in [5.74, 6) is -1.01. The topological polar surface area (TPSA) is 46.2 Å². The monoisotopic (exact) mass is 305 g/mol. The van der Waals surface area contributed by atoms with Crippen molar-refractivity contribution in [1.82, 2.24) is 0 Å². The molecule has 2 aromatic rings. The predicted molar refractivity (Wildman–Crippen MR) is 78.4 cm³/mol. The zero-order valence-electron chi connectivity index (χ0n) is 10.2. The molecule has 2 aromatic carbocycles. The number of alkyl halides is 1. The first-order valence-corrected chi connectivity index (χ1v) is 6.69. The number of hydrogen-bond acceptors (Lipinski definition) is 2. The van der Waals surface area contributed by atoms with Gasteiger partial charge in [0, 0.05) is 10.6 Å². The molecule has 3 rings (SSSR count). The van der Waals surface area contributed by atoms with Crippen LogP contribution in [0.15, 0.2) is 48.5 Å². The van der Waals surface area contributed by atoms with E-state index in [0.29, 0.717) is 21.8 Å². The Morgan fingerprint density at radius 2 is 1.70 bits per heavy atom. The Kier molecular flexibility index (Phi) is 3.04. The summed E-state index contributed by atoms with van der Waals surface area (Å²) >= 11 is 12.2. The van der Waals surface area contributed by atoms with Gasteiger partial charge in [0.2, 0.25) is 4.87 Å². The molecular weight excluding hydrogens is 297 g/mol. The lowest BCUT2D eigenvalue weighted by atomic mass is 9.85. The fourth-order valence-electron chi connectivity index (χ4n) is 2.25. The van der Waals surface area contributed by atoms with Crippen molar-refractivity contribution in [2.45, 2.75) is 4.87 Å². The van der Waals surface area contributed by atoms with Gasteiger partial charge in [0.1, 0.15) is 0 Å². The van der Waals surface area contributed by atoms with E-state index in [9.17, 15) is 9.59 Å². The Bertz CT molecular complexity index is 715. The number of hydrogen-bond donors (Lipinski definition) is 1. The van der Waals surface area contributed by atoms with Gasteiger partial charge in [-0.25, -0.2) is 0 Å². The number of ketones is 1. The second-order valence-corrected chi connectivity index (χ2v) is 5.50. The number of nitrogens with one attached hydrogen (secondary N) is 1. The summed E-state index contributed by atoms with van der Waals surface area (Å²) in [4.78, 5) is 23.2. The average Bonchev–Trinajstić information content (AvgIpc) is 2.45. The lowest BCUT2D eigenvalue weighted by Crippen LogP contribution is -2.46. The molecule has 1 atom stereocenters. The Morgan fingerprint density at radius 1 is 1.00 bits per heavy atom. The maximum absolute atomic E-state index is 12.6. The largest absolute Gasteiger partial charge is 0.323 e. The smallest absolute Gasteiger partial charge is 0.258 e. The number of carbonyl (C=O) groups is 2. The first-order valence-electron chi connectivity index (χ1n) is 5.93. The van der Waals surface area contributed by atoms with E-state index in [0.717, 1.165) is 0 Å². The molecule has 5 heteroatoms. The van der Waals surface area contributed by atoms with Gasteiger partial charge in [-0.3, -0.25) is 9.59 Å². The molecule has 1 N–H and O–H groups in total. The van der Waals surface area contributed by atoms with Gasteiger partial charge in [-0.05, 0) is 23.8 Å². The third kappa shape index (κ3) is 1.82. The molecule has 0 bridgehead atoms. The van der Waals surface area contributed by atoms with Crippen LogP contribution in [0.2, 0.25) is 5.02 Å². The molecule has 1 amide bonds. The van der Waals surface area contributed by atoms with Crippen molar-refractivity contribution in [3.63, 3.8) is 0 Å². The molecule has 1 aliphatic heterocycles. The highest BCUT2D eigenvalue weighted by Gasteiger charge is 2.49. The molecule has 0 fully saturated rings. The number of benzene rings is 2. The number of Topliss-reactive ketones (excluding diaryl/α,β-unsaturated/α-hetero) is 1. The van der Waals surface area contributed by atoms with E-state index in [4.69, 9.17) is 23.2 Å². The number of amides is 1. The first kappa shape index (κ1) is 13.2. The fraction of sp³-hybridized carbons (Fsp3) is 0.0667. The highest BCUT2D eigenvalue weighted by Crippen LogP contribution is 2.40. The summed E-state index contributed by atoms with van der Waals surface area (Å²) in [6.07, 6.45) is 0. The van der Waals surface area contributed by atoms with Crippen molar-refractivity contribution >= 4 is 40.6 Å². The molecule has 1 heterocycles. The fourth-order valence-corrected chi connectivity index (χ4v) is 2.69.